The Labute approximate surface area is 170 Å². The number of carbonyl (C=O) groups excluding carboxylic acids is 4. The van der Waals surface area contributed by atoms with E-state index in [1.807, 2.05) is 13.8 Å². The van der Waals surface area contributed by atoms with Gasteiger partial charge in [-0.05, 0) is 30.9 Å². The minimum atomic E-state index is -1.13. The number of ether oxygens (including phenoxy) is 1. The molecule has 154 valence electrons. The number of benzene rings is 1. The van der Waals surface area contributed by atoms with Crippen molar-refractivity contribution in [1.82, 2.24) is 10.2 Å². The molecule has 1 heterocycles. The van der Waals surface area contributed by atoms with Crippen molar-refractivity contribution in [2.45, 2.75) is 52.1 Å². The number of hydrogen-bond acceptors (Lipinski definition) is 5. The Balaban J connectivity index is 2.12. The van der Waals surface area contributed by atoms with Crippen LogP contribution >= 0.6 is 0 Å². The highest BCUT2D eigenvalue weighted by atomic mass is 16.5. The van der Waals surface area contributed by atoms with Crippen LogP contribution in [0.2, 0.25) is 0 Å². The van der Waals surface area contributed by atoms with Crippen LogP contribution in [0.3, 0.4) is 0 Å². The van der Waals surface area contributed by atoms with Gasteiger partial charge in [0.15, 0.2) is 6.61 Å². The van der Waals surface area contributed by atoms with Crippen molar-refractivity contribution in [2.75, 3.05) is 6.61 Å². The molecule has 0 aromatic heterocycles. The fraction of sp³-hybridized carbons (Fsp3) is 0.455. The topological polar surface area (TPSA) is 92.8 Å². The van der Waals surface area contributed by atoms with Gasteiger partial charge in [0.2, 0.25) is 0 Å². The van der Waals surface area contributed by atoms with E-state index >= 15 is 0 Å². The van der Waals surface area contributed by atoms with E-state index in [1.54, 1.807) is 38.1 Å². The van der Waals surface area contributed by atoms with E-state index in [0.29, 0.717) is 12.8 Å². The third-order valence-electron chi connectivity index (χ3n) is 5.18. The zero-order chi connectivity index (χ0) is 21.8. The summed E-state index contributed by atoms with van der Waals surface area (Å²) in [6.07, 6.45) is 6.58. The summed E-state index contributed by atoms with van der Waals surface area (Å²) in [5, 5.41) is 2.70. The van der Waals surface area contributed by atoms with Crippen LogP contribution < -0.4 is 5.32 Å². The molecule has 0 radical (unpaired) electrons. The molecular weight excluding hydrogens is 372 g/mol. The lowest BCUT2D eigenvalue weighted by Gasteiger charge is -2.29. The highest BCUT2D eigenvalue weighted by Crippen LogP contribution is 2.27. The maximum absolute atomic E-state index is 12.7. The van der Waals surface area contributed by atoms with Crippen molar-refractivity contribution in [1.29, 1.82) is 0 Å². The molecule has 0 saturated heterocycles. The molecule has 0 unspecified atom stereocenters. The van der Waals surface area contributed by atoms with Crippen LogP contribution in [0.15, 0.2) is 24.3 Å². The van der Waals surface area contributed by atoms with Crippen molar-refractivity contribution in [3.05, 3.63) is 35.4 Å². The average molecular weight is 398 g/mol. The molecule has 1 atom stereocenters. The summed E-state index contributed by atoms with van der Waals surface area (Å²) >= 11 is 0. The molecule has 0 fully saturated rings. The lowest BCUT2D eigenvalue weighted by Crippen LogP contribution is -2.51. The zero-order valence-electron chi connectivity index (χ0n) is 17.2. The fourth-order valence-electron chi connectivity index (χ4n) is 3.33. The number of carbonyl (C=O) groups is 4. The lowest BCUT2D eigenvalue weighted by molar-refractivity contribution is -0.154. The first-order valence-electron chi connectivity index (χ1n) is 9.63. The predicted molar refractivity (Wildman–Crippen MR) is 107 cm³/mol. The number of esters is 1. The van der Waals surface area contributed by atoms with Gasteiger partial charge in [0.05, 0.1) is 11.1 Å². The Morgan fingerprint density at radius 2 is 1.66 bits per heavy atom. The molecule has 7 nitrogen and oxygen atoms in total. The van der Waals surface area contributed by atoms with Crippen LogP contribution in [0.4, 0.5) is 0 Å². The summed E-state index contributed by atoms with van der Waals surface area (Å²) in [7, 11) is 0. The van der Waals surface area contributed by atoms with Gasteiger partial charge < -0.3 is 10.1 Å². The molecule has 7 heteroatoms. The minimum absolute atomic E-state index is 0.249. The van der Waals surface area contributed by atoms with Gasteiger partial charge in [-0.2, -0.15) is 0 Å². The SMILES string of the molecule is C#CC(CC)(CC)NC(=O)COC(=O)[C@@H](C(C)C)N1C(=O)c2ccccc2C1=O. The lowest BCUT2D eigenvalue weighted by atomic mass is 9.94. The number of rotatable bonds is 8. The van der Waals surface area contributed by atoms with Crippen molar-refractivity contribution < 1.29 is 23.9 Å². The van der Waals surface area contributed by atoms with E-state index in [-0.39, 0.29) is 11.1 Å². The fourth-order valence-corrected chi connectivity index (χ4v) is 3.33. The maximum atomic E-state index is 12.7. The second-order valence-electron chi connectivity index (χ2n) is 7.30. The van der Waals surface area contributed by atoms with Gasteiger partial charge in [-0.3, -0.25) is 19.3 Å². The first-order chi connectivity index (χ1) is 13.7. The number of hydrogen-bond donors (Lipinski definition) is 1. The summed E-state index contributed by atoms with van der Waals surface area (Å²) in [5.74, 6) is -0.276. The standard InChI is InChI=1S/C22H26N2O5/c1-6-22(7-2,8-3)23-17(25)13-29-21(28)18(14(4)5)24-19(26)15-11-9-10-12-16(15)20(24)27/h1,9-12,14,18H,7-8,13H2,2-5H3,(H,23,25)/t18-/m1/s1. The second-order valence-corrected chi connectivity index (χ2v) is 7.30. The molecule has 1 aliphatic rings. The van der Waals surface area contributed by atoms with E-state index in [4.69, 9.17) is 11.2 Å². The smallest absolute Gasteiger partial charge is 0.330 e. The highest BCUT2D eigenvalue weighted by Gasteiger charge is 2.44. The van der Waals surface area contributed by atoms with Gasteiger partial charge in [-0.25, -0.2) is 4.79 Å². The van der Waals surface area contributed by atoms with E-state index in [0.717, 1.165) is 4.90 Å². The van der Waals surface area contributed by atoms with Crippen molar-refractivity contribution in [2.24, 2.45) is 5.92 Å². The Bertz CT molecular complexity index is 829. The number of terminal acetylenes is 1. The summed E-state index contributed by atoms with van der Waals surface area (Å²) in [5.41, 5.74) is -0.305. The molecule has 0 saturated carbocycles. The maximum Gasteiger partial charge on any atom is 0.330 e. The second kappa shape index (κ2) is 8.91. The Hall–Kier alpha value is -3.14. The van der Waals surface area contributed by atoms with Gasteiger partial charge in [0, 0.05) is 0 Å². The molecule has 3 amide bonds. The first-order valence-corrected chi connectivity index (χ1v) is 9.63. The summed E-state index contributed by atoms with van der Waals surface area (Å²) < 4.78 is 5.15. The predicted octanol–water partition coefficient (Wildman–Crippen LogP) is 2.16. The van der Waals surface area contributed by atoms with Crippen LogP contribution in [0.5, 0.6) is 0 Å². The Morgan fingerprint density at radius 1 is 1.14 bits per heavy atom. The number of amides is 3. The van der Waals surface area contributed by atoms with Gasteiger partial charge in [0.1, 0.15) is 11.6 Å². The van der Waals surface area contributed by atoms with Crippen molar-refractivity contribution in [3.63, 3.8) is 0 Å². The monoisotopic (exact) mass is 398 g/mol. The van der Waals surface area contributed by atoms with E-state index in [2.05, 4.69) is 11.2 Å². The first kappa shape index (κ1) is 22.2. The summed E-state index contributed by atoms with van der Waals surface area (Å²) in [4.78, 5) is 51.2. The molecule has 2 rings (SSSR count). The molecule has 0 spiro atoms. The largest absolute Gasteiger partial charge is 0.454 e. The van der Waals surface area contributed by atoms with Crippen LogP contribution in [-0.2, 0) is 14.3 Å². The van der Waals surface area contributed by atoms with Gasteiger partial charge in [-0.15, -0.1) is 6.42 Å². The molecule has 0 aliphatic carbocycles. The number of imide groups is 1. The molecule has 1 N–H and O–H groups in total. The van der Waals surface area contributed by atoms with Gasteiger partial charge in [-0.1, -0.05) is 45.7 Å². The zero-order valence-corrected chi connectivity index (χ0v) is 17.2. The molecule has 1 aromatic rings. The molecular formula is C22H26N2O5. The van der Waals surface area contributed by atoms with Gasteiger partial charge >= 0.3 is 5.97 Å². The van der Waals surface area contributed by atoms with E-state index in [9.17, 15) is 19.2 Å². The van der Waals surface area contributed by atoms with E-state index < -0.39 is 47.8 Å². The molecule has 29 heavy (non-hydrogen) atoms. The third kappa shape index (κ3) is 4.32. The minimum Gasteiger partial charge on any atom is -0.454 e. The van der Waals surface area contributed by atoms with Gasteiger partial charge in [0.25, 0.3) is 17.7 Å². The third-order valence-corrected chi connectivity index (χ3v) is 5.18. The average Bonchev–Trinajstić information content (AvgIpc) is 2.96. The number of nitrogens with zero attached hydrogens (tertiary/aromatic N) is 1. The highest BCUT2D eigenvalue weighted by molar-refractivity contribution is 6.22. The Morgan fingerprint density at radius 3 is 2.07 bits per heavy atom. The molecule has 1 aromatic carbocycles. The van der Waals surface area contributed by atoms with E-state index in [1.165, 1.54) is 0 Å². The normalized spacial score (nSPS) is 14.4. The van der Waals surface area contributed by atoms with Crippen molar-refractivity contribution >= 4 is 23.7 Å². The summed E-state index contributed by atoms with van der Waals surface area (Å²) in [6, 6.07) is 5.26. The molecule has 1 aliphatic heterocycles. The van der Waals surface area contributed by atoms with Crippen LogP contribution in [0.1, 0.15) is 61.3 Å². The van der Waals surface area contributed by atoms with Crippen LogP contribution in [0, 0.1) is 18.3 Å². The van der Waals surface area contributed by atoms with Crippen LogP contribution in [-0.4, -0.2) is 46.8 Å². The summed E-state index contributed by atoms with van der Waals surface area (Å²) in [6.45, 7) is 6.56. The Kier molecular flexibility index (Phi) is 6.80. The quantitative estimate of drug-likeness (QED) is 0.412. The molecule has 0 bridgehead atoms. The number of fused-ring (bicyclic) bond motifs is 1. The number of nitrogens with one attached hydrogen (secondary N) is 1. The van der Waals surface area contributed by atoms with Crippen molar-refractivity contribution in [3.8, 4) is 12.3 Å². The van der Waals surface area contributed by atoms with Crippen LogP contribution in [0.25, 0.3) is 0 Å².